The molecule has 1 aromatic heterocycles. The summed E-state index contributed by atoms with van der Waals surface area (Å²) in [6.07, 6.45) is 1.66. The topological polar surface area (TPSA) is 58.6 Å². The third kappa shape index (κ3) is 2.98. The first-order valence-electron chi connectivity index (χ1n) is 8.74. The number of fused-ring (bicyclic) bond motifs is 1. The van der Waals surface area contributed by atoms with E-state index in [-0.39, 0.29) is 5.91 Å². The van der Waals surface area contributed by atoms with Gasteiger partial charge in [0.2, 0.25) is 5.95 Å². The Balaban J connectivity index is 1.57. The molecule has 0 aliphatic carbocycles. The summed E-state index contributed by atoms with van der Waals surface area (Å²) in [7, 11) is 0. The lowest BCUT2D eigenvalue weighted by atomic mass is 10.0. The van der Waals surface area contributed by atoms with Crippen molar-refractivity contribution >= 4 is 17.5 Å². The Bertz CT molecular complexity index is 783. The highest BCUT2D eigenvalue weighted by Gasteiger charge is 2.31. The Morgan fingerprint density at radius 2 is 1.84 bits per heavy atom. The Kier molecular flexibility index (Phi) is 4.13. The van der Waals surface area contributed by atoms with Crippen molar-refractivity contribution in [3.05, 3.63) is 47.3 Å². The number of carbonyl (C=O) groups is 1. The molecule has 2 aliphatic rings. The average Bonchev–Trinajstić information content (AvgIpc) is 2.98. The number of amides is 1. The molecule has 4 rings (SSSR count). The van der Waals surface area contributed by atoms with E-state index in [1.807, 2.05) is 12.1 Å². The summed E-state index contributed by atoms with van der Waals surface area (Å²) in [5.74, 6) is 1.13. The van der Waals surface area contributed by atoms with Crippen molar-refractivity contribution in [3.8, 4) is 0 Å². The quantitative estimate of drug-likeness (QED) is 0.861. The zero-order valence-corrected chi connectivity index (χ0v) is 14.6. The van der Waals surface area contributed by atoms with Gasteiger partial charge < -0.3 is 14.5 Å². The normalized spacial score (nSPS) is 17.3. The summed E-state index contributed by atoms with van der Waals surface area (Å²) in [5.41, 5.74) is 3.57. The van der Waals surface area contributed by atoms with E-state index < -0.39 is 0 Å². The van der Waals surface area contributed by atoms with Crippen LogP contribution in [0.2, 0.25) is 0 Å². The molecule has 1 aromatic carbocycles. The molecule has 0 atom stereocenters. The number of nitrogens with zero attached hydrogens (tertiary/aromatic N) is 4. The van der Waals surface area contributed by atoms with Crippen molar-refractivity contribution in [2.24, 2.45) is 0 Å². The number of aromatic nitrogens is 2. The van der Waals surface area contributed by atoms with E-state index in [0.29, 0.717) is 37.2 Å². The van der Waals surface area contributed by atoms with Gasteiger partial charge in [0, 0.05) is 25.0 Å². The first kappa shape index (κ1) is 16.0. The average molecular weight is 338 g/mol. The molecule has 0 saturated carbocycles. The molecule has 25 heavy (non-hydrogen) atoms. The summed E-state index contributed by atoms with van der Waals surface area (Å²) >= 11 is 0. The third-order valence-corrected chi connectivity index (χ3v) is 4.80. The fourth-order valence-electron chi connectivity index (χ4n) is 3.24. The number of anilines is 2. The van der Waals surface area contributed by atoms with Crippen molar-refractivity contribution in [3.63, 3.8) is 0 Å². The van der Waals surface area contributed by atoms with Gasteiger partial charge in [0.05, 0.1) is 31.0 Å². The maximum Gasteiger partial charge on any atom is 0.262 e. The SMILES string of the molecule is CC(C)c1ccc(N2Cc3nc(N4CCOCC4)ncc3C2=O)cc1. The molecular formula is C19H22N4O2. The van der Waals surface area contributed by atoms with Gasteiger partial charge in [-0.1, -0.05) is 26.0 Å². The lowest BCUT2D eigenvalue weighted by Crippen LogP contribution is -2.37. The van der Waals surface area contributed by atoms with Crippen LogP contribution in [0, 0.1) is 0 Å². The van der Waals surface area contributed by atoms with Crippen molar-refractivity contribution in [2.75, 3.05) is 36.1 Å². The first-order valence-corrected chi connectivity index (χ1v) is 8.74. The minimum Gasteiger partial charge on any atom is -0.378 e. The highest BCUT2D eigenvalue weighted by molar-refractivity contribution is 6.09. The van der Waals surface area contributed by atoms with Crippen LogP contribution in [0.25, 0.3) is 0 Å². The second-order valence-corrected chi connectivity index (χ2v) is 6.77. The van der Waals surface area contributed by atoms with Crippen molar-refractivity contribution in [2.45, 2.75) is 26.3 Å². The standard InChI is InChI=1S/C19H22N4O2/c1-13(2)14-3-5-15(6-4-14)23-12-17-16(18(23)24)11-20-19(21-17)22-7-9-25-10-8-22/h3-6,11,13H,7-10,12H2,1-2H3. The Morgan fingerprint density at radius 1 is 1.12 bits per heavy atom. The molecule has 6 nitrogen and oxygen atoms in total. The van der Waals surface area contributed by atoms with Gasteiger partial charge in [0.1, 0.15) is 0 Å². The summed E-state index contributed by atoms with van der Waals surface area (Å²) in [6, 6.07) is 8.19. The summed E-state index contributed by atoms with van der Waals surface area (Å²) in [4.78, 5) is 25.6. The van der Waals surface area contributed by atoms with Gasteiger partial charge in [-0.15, -0.1) is 0 Å². The molecule has 0 radical (unpaired) electrons. The Hall–Kier alpha value is -2.47. The van der Waals surface area contributed by atoms with Crippen LogP contribution in [-0.4, -0.2) is 42.2 Å². The number of hydrogen-bond acceptors (Lipinski definition) is 5. The molecule has 3 heterocycles. The molecule has 1 saturated heterocycles. The van der Waals surface area contributed by atoms with Crippen LogP contribution >= 0.6 is 0 Å². The molecule has 1 amide bonds. The van der Waals surface area contributed by atoms with Crippen molar-refractivity contribution < 1.29 is 9.53 Å². The van der Waals surface area contributed by atoms with Gasteiger partial charge in [-0.05, 0) is 23.6 Å². The van der Waals surface area contributed by atoms with E-state index in [0.717, 1.165) is 24.5 Å². The zero-order valence-electron chi connectivity index (χ0n) is 14.6. The van der Waals surface area contributed by atoms with Gasteiger partial charge in [-0.3, -0.25) is 4.79 Å². The lowest BCUT2D eigenvalue weighted by molar-refractivity contribution is 0.0996. The molecule has 0 N–H and O–H groups in total. The van der Waals surface area contributed by atoms with E-state index in [2.05, 4.69) is 40.8 Å². The predicted octanol–water partition coefficient (Wildman–Crippen LogP) is 2.60. The minimum atomic E-state index is -0.0270. The smallest absolute Gasteiger partial charge is 0.262 e. The van der Waals surface area contributed by atoms with Gasteiger partial charge in [-0.2, -0.15) is 0 Å². The van der Waals surface area contributed by atoms with Crippen LogP contribution < -0.4 is 9.80 Å². The maximum atomic E-state index is 12.7. The van der Waals surface area contributed by atoms with E-state index in [9.17, 15) is 4.79 Å². The maximum absolute atomic E-state index is 12.7. The second-order valence-electron chi connectivity index (χ2n) is 6.77. The number of ether oxygens (including phenoxy) is 1. The van der Waals surface area contributed by atoms with Crippen LogP contribution in [0.1, 0.15) is 41.4 Å². The predicted molar refractivity (Wildman–Crippen MR) is 96.1 cm³/mol. The van der Waals surface area contributed by atoms with Crippen LogP contribution in [0.3, 0.4) is 0 Å². The summed E-state index contributed by atoms with van der Waals surface area (Å²) < 4.78 is 5.37. The third-order valence-electron chi connectivity index (χ3n) is 4.80. The van der Waals surface area contributed by atoms with Crippen LogP contribution in [0.4, 0.5) is 11.6 Å². The van der Waals surface area contributed by atoms with Crippen molar-refractivity contribution in [1.82, 2.24) is 9.97 Å². The highest BCUT2D eigenvalue weighted by atomic mass is 16.5. The van der Waals surface area contributed by atoms with Gasteiger partial charge >= 0.3 is 0 Å². The van der Waals surface area contributed by atoms with E-state index >= 15 is 0 Å². The second kappa shape index (κ2) is 6.44. The summed E-state index contributed by atoms with van der Waals surface area (Å²) in [6.45, 7) is 7.76. The fourth-order valence-corrected chi connectivity index (χ4v) is 3.24. The van der Waals surface area contributed by atoms with Gasteiger partial charge in [0.25, 0.3) is 5.91 Å². The minimum absolute atomic E-state index is 0.0270. The summed E-state index contributed by atoms with van der Waals surface area (Å²) in [5, 5.41) is 0. The number of carbonyl (C=O) groups excluding carboxylic acids is 1. The number of benzene rings is 1. The molecule has 0 unspecified atom stereocenters. The number of hydrogen-bond donors (Lipinski definition) is 0. The molecule has 1 fully saturated rings. The van der Waals surface area contributed by atoms with Crippen LogP contribution in [-0.2, 0) is 11.3 Å². The molecule has 6 heteroatoms. The number of rotatable bonds is 3. The Labute approximate surface area is 147 Å². The Morgan fingerprint density at radius 3 is 2.52 bits per heavy atom. The van der Waals surface area contributed by atoms with Crippen LogP contribution in [0.15, 0.2) is 30.5 Å². The van der Waals surface area contributed by atoms with Crippen molar-refractivity contribution in [1.29, 1.82) is 0 Å². The fraction of sp³-hybridized carbons (Fsp3) is 0.421. The molecule has 2 aliphatic heterocycles. The van der Waals surface area contributed by atoms with E-state index in [4.69, 9.17) is 4.74 Å². The van der Waals surface area contributed by atoms with E-state index in [1.165, 1.54) is 5.56 Å². The number of morpholine rings is 1. The highest BCUT2D eigenvalue weighted by Crippen LogP contribution is 2.29. The molecule has 0 spiro atoms. The molecule has 0 bridgehead atoms. The lowest BCUT2D eigenvalue weighted by Gasteiger charge is -2.26. The monoisotopic (exact) mass is 338 g/mol. The van der Waals surface area contributed by atoms with Gasteiger partial charge in [0.15, 0.2) is 0 Å². The van der Waals surface area contributed by atoms with E-state index in [1.54, 1.807) is 11.1 Å². The molecular weight excluding hydrogens is 316 g/mol. The van der Waals surface area contributed by atoms with Crippen LogP contribution in [0.5, 0.6) is 0 Å². The first-order chi connectivity index (χ1) is 12.1. The molecule has 2 aromatic rings. The molecule has 130 valence electrons. The van der Waals surface area contributed by atoms with Gasteiger partial charge in [-0.25, -0.2) is 9.97 Å². The largest absolute Gasteiger partial charge is 0.378 e. The zero-order chi connectivity index (χ0) is 17.4.